The lowest BCUT2D eigenvalue weighted by Gasteiger charge is -2.39. The number of methoxy groups -OCH3 is 1. The number of ether oxygens (including phenoxy) is 1. The zero-order chi connectivity index (χ0) is 14.5. The van der Waals surface area contributed by atoms with Crippen LogP contribution in [0.25, 0.3) is 0 Å². The Labute approximate surface area is 121 Å². The van der Waals surface area contributed by atoms with E-state index in [0.29, 0.717) is 12.6 Å². The maximum atomic E-state index is 10.5. The van der Waals surface area contributed by atoms with Gasteiger partial charge >= 0.3 is 0 Å². The van der Waals surface area contributed by atoms with Crippen molar-refractivity contribution >= 4 is 0 Å². The van der Waals surface area contributed by atoms with Gasteiger partial charge in [0.2, 0.25) is 0 Å². The number of benzene rings is 1. The zero-order valence-corrected chi connectivity index (χ0v) is 12.5. The summed E-state index contributed by atoms with van der Waals surface area (Å²) in [6, 6.07) is 8.17. The molecule has 4 heteroatoms. The Kier molecular flexibility index (Phi) is 5.40. The van der Waals surface area contributed by atoms with Crippen molar-refractivity contribution in [3.8, 4) is 5.75 Å². The third-order valence-corrected chi connectivity index (χ3v) is 4.16. The molecule has 0 amide bonds. The first kappa shape index (κ1) is 15.3. The topological polar surface area (TPSA) is 58.7 Å². The van der Waals surface area contributed by atoms with Gasteiger partial charge in [0.1, 0.15) is 5.75 Å². The molecule has 1 heterocycles. The van der Waals surface area contributed by atoms with Crippen LogP contribution in [0.4, 0.5) is 0 Å². The van der Waals surface area contributed by atoms with Gasteiger partial charge in [-0.2, -0.15) is 0 Å². The summed E-state index contributed by atoms with van der Waals surface area (Å²) in [6.07, 6.45) is 3.05. The number of aliphatic hydroxyl groups is 1. The van der Waals surface area contributed by atoms with E-state index in [4.69, 9.17) is 10.5 Å². The molecular weight excluding hydrogens is 252 g/mol. The molecule has 112 valence electrons. The Hall–Kier alpha value is -1.10. The Morgan fingerprint density at radius 2 is 2.25 bits per heavy atom. The molecule has 0 aromatic heterocycles. The lowest BCUT2D eigenvalue weighted by molar-refractivity contribution is 0.0593. The third-order valence-electron chi connectivity index (χ3n) is 4.16. The quantitative estimate of drug-likeness (QED) is 0.864. The maximum absolute atomic E-state index is 10.5. The Bertz CT molecular complexity index is 423. The van der Waals surface area contributed by atoms with Crippen LogP contribution in [-0.4, -0.2) is 42.3 Å². The lowest BCUT2D eigenvalue weighted by Crippen LogP contribution is -2.50. The maximum Gasteiger partial charge on any atom is 0.119 e. The van der Waals surface area contributed by atoms with Crippen LogP contribution in [0.15, 0.2) is 24.3 Å². The fraction of sp³-hybridized carbons (Fsp3) is 0.625. The van der Waals surface area contributed by atoms with Crippen LogP contribution in [0.1, 0.15) is 37.9 Å². The van der Waals surface area contributed by atoms with E-state index in [0.717, 1.165) is 24.3 Å². The van der Waals surface area contributed by atoms with Crippen molar-refractivity contribution in [3.05, 3.63) is 29.8 Å². The van der Waals surface area contributed by atoms with E-state index in [1.165, 1.54) is 12.8 Å². The SMILES string of the molecule is COc1cccc(C(O)CN2CCCCC2C(C)N)c1. The minimum atomic E-state index is -0.496. The molecule has 0 spiro atoms. The summed E-state index contributed by atoms with van der Waals surface area (Å²) in [7, 11) is 1.64. The van der Waals surface area contributed by atoms with Crippen LogP contribution in [-0.2, 0) is 0 Å². The minimum absolute atomic E-state index is 0.146. The van der Waals surface area contributed by atoms with Gasteiger partial charge in [-0.15, -0.1) is 0 Å². The van der Waals surface area contributed by atoms with Crippen LogP contribution in [0.3, 0.4) is 0 Å². The second-order valence-electron chi connectivity index (χ2n) is 5.71. The van der Waals surface area contributed by atoms with Crippen LogP contribution in [0, 0.1) is 0 Å². The van der Waals surface area contributed by atoms with Crippen LogP contribution < -0.4 is 10.5 Å². The van der Waals surface area contributed by atoms with Gasteiger partial charge in [0.15, 0.2) is 0 Å². The van der Waals surface area contributed by atoms with Crippen molar-refractivity contribution in [1.82, 2.24) is 4.90 Å². The summed E-state index contributed by atoms with van der Waals surface area (Å²) in [5.74, 6) is 0.781. The molecule has 0 radical (unpaired) electrons. The molecule has 3 atom stereocenters. The molecule has 3 unspecified atom stereocenters. The fourth-order valence-corrected chi connectivity index (χ4v) is 3.02. The van der Waals surface area contributed by atoms with E-state index >= 15 is 0 Å². The average molecular weight is 278 g/mol. The highest BCUT2D eigenvalue weighted by atomic mass is 16.5. The van der Waals surface area contributed by atoms with E-state index in [1.807, 2.05) is 24.3 Å². The van der Waals surface area contributed by atoms with Gasteiger partial charge in [0.25, 0.3) is 0 Å². The molecule has 1 aliphatic heterocycles. The van der Waals surface area contributed by atoms with E-state index in [-0.39, 0.29) is 6.04 Å². The number of hydrogen-bond donors (Lipinski definition) is 2. The molecule has 1 aromatic carbocycles. The van der Waals surface area contributed by atoms with Gasteiger partial charge in [-0.25, -0.2) is 0 Å². The van der Waals surface area contributed by atoms with Gasteiger partial charge in [-0.1, -0.05) is 18.6 Å². The number of hydrogen-bond acceptors (Lipinski definition) is 4. The summed E-state index contributed by atoms with van der Waals surface area (Å²) < 4.78 is 5.21. The van der Waals surface area contributed by atoms with E-state index in [2.05, 4.69) is 11.8 Å². The predicted octanol–water partition coefficient (Wildman–Crippen LogP) is 1.93. The Morgan fingerprint density at radius 3 is 2.95 bits per heavy atom. The van der Waals surface area contributed by atoms with Crippen molar-refractivity contribution in [2.75, 3.05) is 20.2 Å². The number of piperidine rings is 1. The minimum Gasteiger partial charge on any atom is -0.497 e. The van der Waals surface area contributed by atoms with Gasteiger partial charge < -0.3 is 15.6 Å². The highest BCUT2D eigenvalue weighted by Gasteiger charge is 2.27. The van der Waals surface area contributed by atoms with Crippen molar-refractivity contribution in [2.24, 2.45) is 5.73 Å². The Morgan fingerprint density at radius 1 is 1.45 bits per heavy atom. The number of β-amino-alcohol motifs (C(OH)–C–C–N with tert-alkyl or cyclic N) is 1. The summed E-state index contributed by atoms with van der Waals surface area (Å²) in [5, 5.41) is 10.5. The van der Waals surface area contributed by atoms with E-state index in [1.54, 1.807) is 7.11 Å². The summed E-state index contributed by atoms with van der Waals surface area (Å²) in [5.41, 5.74) is 6.98. The molecule has 4 nitrogen and oxygen atoms in total. The highest BCUT2D eigenvalue weighted by molar-refractivity contribution is 5.29. The Balaban J connectivity index is 2.03. The highest BCUT2D eigenvalue weighted by Crippen LogP contribution is 2.24. The van der Waals surface area contributed by atoms with Crippen LogP contribution >= 0.6 is 0 Å². The van der Waals surface area contributed by atoms with Crippen LogP contribution in [0.2, 0.25) is 0 Å². The fourth-order valence-electron chi connectivity index (χ4n) is 3.02. The van der Waals surface area contributed by atoms with Crippen molar-refractivity contribution in [3.63, 3.8) is 0 Å². The molecule has 1 saturated heterocycles. The van der Waals surface area contributed by atoms with Crippen LogP contribution in [0.5, 0.6) is 5.75 Å². The van der Waals surface area contributed by atoms with Crippen molar-refractivity contribution in [2.45, 2.75) is 44.4 Å². The summed E-state index contributed by atoms with van der Waals surface area (Å²) >= 11 is 0. The molecule has 0 bridgehead atoms. The molecular formula is C16H26N2O2. The summed E-state index contributed by atoms with van der Waals surface area (Å²) in [4.78, 5) is 2.33. The van der Waals surface area contributed by atoms with E-state index < -0.39 is 6.10 Å². The second-order valence-corrected chi connectivity index (χ2v) is 5.71. The van der Waals surface area contributed by atoms with Crippen molar-refractivity contribution in [1.29, 1.82) is 0 Å². The molecule has 0 aliphatic carbocycles. The molecule has 1 aliphatic rings. The average Bonchev–Trinajstić information content (AvgIpc) is 2.47. The number of nitrogens with two attached hydrogens (primary N) is 1. The smallest absolute Gasteiger partial charge is 0.119 e. The molecule has 1 fully saturated rings. The number of nitrogens with zero attached hydrogens (tertiary/aromatic N) is 1. The normalized spacial score (nSPS) is 23.3. The first-order valence-electron chi connectivity index (χ1n) is 7.43. The van der Waals surface area contributed by atoms with Gasteiger partial charge in [0, 0.05) is 18.6 Å². The third kappa shape index (κ3) is 3.72. The molecule has 1 aromatic rings. The van der Waals surface area contributed by atoms with Gasteiger partial charge in [0.05, 0.1) is 13.2 Å². The standard InChI is InChI=1S/C16H26N2O2/c1-12(17)15-8-3-4-9-18(15)11-16(19)13-6-5-7-14(10-13)20-2/h5-7,10,12,15-16,19H,3-4,8-9,11,17H2,1-2H3. The molecule has 2 rings (SSSR count). The number of aliphatic hydroxyl groups excluding tert-OH is 1. The molecule has 0 saturated carbocycles. The van der Waals surface area contributed by atoms with Gasteiger partial charge in [-0.3, -0.25) is 4.90 Å². The first-order chi connectivity index (χ1) is 9.61. The largest absolute Gasteiger partial charge is 0.497 e. The zero-order valence-electron chi connectivity index (χ0n) is 12.5. The lowest BCUT2D eigenvalue weighted by atomic mass is 9.96. The number of rotatable bonds is 5. The molecule has 20 heavy (non-hydrogen) atoms. The monoisotopic (exact) mass is 278 g/mol. The van der Waals surface area contributed by atoms with E-state index in [9.17, 15) is 5.11 Å². The second kappa shape index (κ2) is 7.07. The predicted molar refractivity (Wildman–Crippen MR) is 80.8 cm³/mol. The molecule has 3 N–H and O–H groups in total. The number of likely N-dealkylation sites (tertiary alicyclic amines) is 1. The van der Waals surface area contributed by atoms with Gasteiger partial charge in [-0.05, 0) is 44.0 Å². The first-order valence-corrected chi connectivity index (χ1v) is 7.43. The van der Waals surface area contributed by atoms with Crippen molar-refractivity contribution < 1.29 is 9.84 Å². The summed E-state index contributed by atoms with van der Waals surface area (Å²) in [6.45, 7) is 3.72.